The SMILES string of the molecule is CCN(Cc1ccccc1)CC(C)C(=O)c1ccccc1. The molecule has 0 aliphatic carbocycles. The van der Waals surface area contributed by atoms with Gasteiger partial charge >= 0.3 is 0 Å². The van der Waals surface area contributed by atoms with E-state index < -0.39 is 0 Å². The molecule has 2 heteroatoms. The summed E-state index contributed by atoms with van der Waals surface area (Å²) in [7, 11) is 0. The highest BCUT2D eigenvalue weighted by Gasteiger charge is 2.17. The quantitative estimate of drug-likeness (QED) is 0.714. The average Bonchev–Trinajstić information content (AvgIpc) is 2.55. The number of nitrogens with zero attached hydrogens (tertiary/aromatic N) is 1. The Morgan fingerprint density at radius 3 is 2.14 bits per heavy atom. The highest BCUT2D eigenvalue weighted by Crippen LogP contribution is 2.12. The Balaban J connectivity index is 1.96. The fourth-order valence-electron chi connectivity index (χ4n) is 2.50. The van der Waals surface area contributed by atoms with Crippen LogP contribution in [0.4, 0.5) is 0 Å². The normalized spacial score (nSPS) is 12.3. The van der Waals surface area contributed by atoms with Crippen LogP contribution in [0, 0.1) is 5.92 Å². The minimum Gasteiger partial charge on any atom is -0.299 e. The Morgan fingerprint density at radius 2 is 1.57 bits per heavy atom. The lowest BCUT2D eigenvalue weighted by molar-refractivity contribution is 0.0893. The van der Waals surface area contributed by atoms with Crippen LogP contribution in [0.25, 0.3) is 0 Å². The van der Waals surface area contributed by atoms with Gasteiger partial charge in [-0.25, -0.2) is 0 Å². The molecular formula is C19H23NO. The number of rotatable bonds is 7. The van der Waals surface area contributed by atoms with Crippen molar-refractivity contribution in [3.8, 4) is 0 Å². The maximum Gasteiger partial charge on any atom is 0.166 e. The lowest BCUT2D eigenvalue weighted by Crippen LogP contribution is -2.31. The van der Waals surface area contributed by atoms with Crippen molar-refractivity contribution in [3.63, 3.8) is 0 Å². The summed E-state index contributed by atoms with van der Waals surface area (Å²) in [6.45, 7) is 6.79. The van der Waals surface area contributed by atoms with Crippen molar-refractivity contribution in [1.29, 1.82) is 0 Å². The zero-order valence-corrected chi connectivity index (χ0v) is 12.8. The van der Waals surface area contributed by atoms with Crippen molar-refractivity contribution in [3.05, 3.63) is 71.8 Å². The van der Waals surface area contributed by atoms with Gasteiger partial charge in [0.2, 0.25) is 0 Å². The van der Waals surface area contributed by atoms with Gasteiger partial charge in [0.25, 0.3) is 0 Å². The Kier molecular flexibility index (Phi) is 5.70. The molecule has 0 aromatic heterocycles. The van der Waals surface area contributed by atoms with E-state index in [-0.39, 0.29) is 11.7 Å². The Hall–Kier alpha value is -1.93. The molecule has 2 aromatic rings. The summed E-state index contributed by atoms with van der Waals surface area (Å²) in [6.07, 6.45) is 0. The molecular weight excluding hydrogens is 258 g/mol. The first-order chi connectivity index (χ1) is 10.2. The molecule has 0 spiro atoms. The van der Waals surface area contributed by atoms with Gasteiger partial charge in [0.05, 0.1) is 0 Å². The minimum atomic E-state index is 0.0102. The van der Waals surface area contributed by atoms with E-state index in [1.54, 1.807) is 0 Å². The second-order valence-corrected chi connectivity index (χ2v) is 5.44. The monoisotopic (exact) mass is 281 g/mol. The van der Waals surface area contributed by atoms with Gasteiger partial charge in [-0.05, 0) is 12.1 Å². The molecule has 0 fully saturated rings. The molecule has 0 saturated carbocycles. The van der Waals surface area contributed by atoms with Crippen LogP contribution < -0.4 is 0 Å². The largest absolute Gasteiger partial charge is 0.299 e. The first-order valence-corrected chi connectivity index (χ1v) is 7.56. The summed E-state index contributed by atoms with van der Waals surface area (Å²) in [5, 5.41) is 0. The molecule has 0 saturated heterocycles. The van der Waals surface area contributed by atoms with Crippen LogP contribution in [0.5, 0.6) is 0 Å². The zero-order valence-electron chi connectivity index (χ0n) is 12.8. The van der Waals surface area contributed by atoms with Crippen LogP contribution in [0.15, 0.2) is 60.7 Å². The number of Topliss-reactive ketones (excluding diaryl/α,β-unsaturated/α-hetero) is 1. The van der Waals surface area contributed by atoms with Crippen molar-refractivity contribution < 1.29 is 4.79 Å². The maximum absolute atomic E-state index is 12.4. The average molecular weight is 281 g/mol. The maximum atomic E-state index is 12.4. The summed E-state index contributed by atoms with van der Waals surface area (Å²) in [5.41, 5.74) is 2.10. The molecule has 110 valence electrons. The molecule has 0 radical (unpaired) electrons. The van der Waals surface area contributed by atoms with E-state index in [4.69, 9.17) is 0 Å². The van der Waals surface area contributed by atoms with Gasteiger partial charge in [-0.3, -0.25) is 9.69 Å². The summed E-state index contributed by atoms with van der Waals surface area (Å²) in [4.78, 5) is 14.7. The summed E-state index contributed by atoms with van der Waals surface area (Å²) in [5.74, 6) is 0.234. The summed E-state index contributed by atoms with van der Waals surface area (Å²) < 4.78 is 0. The molecule has 0 aliphatic rings. The molecule has 0 amide bonds. The highest BCUT2D eigenvalue weighted by atomic mass is 16.1. The van der Waals surface area contributed by atoms with Gasteiger partial charge in [-0.1, -0.05) is 74.5 Å². The number of ketones is 1. The van der Waals surface area contributed by atoms with Gasteiger partial charge in [0.1, 0.15) is 0 Å². The fourth-order valence-corrected chi connectivity index (χ4v) is 2.50. The van der Waals surface area contributed by atoms with Crippen LogP contribution in [0.1, 0.15) is 29.8 Å². The first-order valence-electron chi connectivity index (χ1n) is 7.56. The topological polar surface area (TPSA) is 20.3 Å². The molecule has 1 atom stereocenters. The first kappa shape index (κ1) is 15.5. The molecule has 2 aromatic carbocycles. The van der Waals surface area contributed by atoms with E-state index >= 15 is 0 Å². The van der Waals surface area contributed by atoms with Gasteiger partial charge in [-0.2, -0.15) is 0 Å². The third-order valence-electron chi connectivity index (χ3n) is 3.73. The zero-order chi connectivity index (χ0) is 15.1. The van der Waals surface area contributed by atoms with E-state index in [0.717, 1.165) is 25.2 Å². The van der Waals surface area contributed by atoms with Gasteiger partial charge in [0.15, 0.2) is 5.78 Å². The number of carbonyl (C=O) groups excluding carboxylic acids is 1. The predicted molar refractivity (Wildman–Crippen MR) is 87.3 cm³/mol. The Bertz CT molecular complexity index is 550. The van der Waals surface area contributed by atoms with Crippen LogP contribution in [0.3, 0.4) is 0 Å². The molecule has 1 unspecified atom stereocenters. The van der Waals surface area contributed by atoms with Crippen LogP contribution >= 0.6 is 0 Å². The van der Waals surface area contributed by atoms with Gasteiger partial charge in [0, 0.05) is 24.6 Å². The molecule has 2 rings (SSSR count). The lowest BCUT2D eigenvalue weighted by Gasteiger charge is -2.23. The minimum absolute atomic E-state index is 0.0102. The Labute approximate surface area is 127 Å². The predicted octanol–water partition coefficient (Wildman–Crippen LogP) is 4.03. The van der Waals surface area contributed by atoms with E-state index in [2.05, 4.69) is 36.1 Å². The van der Waals surface area contributed by atoms with Crippen LogP contribution in [-0.2, 0) is 6.54 Å². The summed E-state index contributed by atoms with van der Waals surface area (Å²) in [6, 6.07) is 20.0. The third kappa shape index (κ3) is 4.54. The van der Waals surface area contributed by atoms with Crippen molar-refractivity contribution in [2.45, 2.75) is 20.4 Å². The van der Waals surface area contributed by atoms with Gasteiger partial charge < -0.3 is 0 Å². The second kappa shape index (κ2) is 7.75. The van der Waals surface area contributed by atoms with E-state index in [9.17, 15) is 4.79 Å². The van der Waals surface area contributed by atoms with E-state index in [0.29, 0.717) is 0 Å². The molecule has 0 aliphatic heterocycles. The number of hydrogen-bond acceptors (Lipinski definition) is 2. The van der Waals surface area contributed by atoms with Crippen molar-refractivity contribution in [1.82, 2.24) is 4.90 Å². The van der Waals surface area contributed by atoms with E-state index in [1.807, 2.05) is 43.3 Å². The fraction of sp³-hybridized carbons (Fsp3) is 0.316. The molecule has 21 heavy (non-hydrogen) atoms. The van der Waals surface area contributed by atoms with Crippen molar-refractivity contribution >= 4 is 5.78 Å². The van der Waals surface area contributed by atoms with Crippen LogP contribution in [-0.4, -0.2) is 23.8 Å². The molecule has 0 N–H and O–H groups in total. The molecule has 0 heterocycles. The number of benzene rings is 2. The number of hydrogen-bond donors (Lipinski definition) is 0. The molecule has 2 nitrogen and oxygen atoms in total. The van der Waals surface area contributed by atoms with Crippen molar-refractivity contribution in [2.75, 3.05) is 13.1 Å². The Morgan fingerprint density at radius 1 is 1.00 bits per heavy atom. The number of carbonyl (C=O) groups is 1. The highest BCUT2D eigenvalue weighted by molar-refractivity contribution is 5.97. The summed E-state index contributed by atoms with van der Waals surface area (Å²) >= 11 is 0. The third-order valence-corrected chi connectivity index (χ3v) is 3.73. The van der Waals surface area contributed by atoms with E-state index in [1.165, 1.54) is 5.56 Å². The standard InChI is InChI=1S/C19H23NO/c1-3-20(15-17-10-6-4-7-11-17)14-16(2)19(21)18-12-8-5-9-13-18/h4-13,16H,3,14-15H2,1-2H3. The van der Waals surface area contributed by atoms with Crippen LogP contribution in [0.2, 0.25) is 0 Å². The van der Waals surface area contributed by atoms with Gasteiger partial charge in [-0.15, -0.1) is 0 Å². The second-order valence-electron chi connectivity index (χ2n) is 5.44. The lowest BCUT2D eigenvalue weighted by atomic mass is 9.98. The van der Waals surface area contributed by atoms with Crippen molar-refractivity contribution in [2.24, 2.45) is 5.92 Å². The smallest absolute Gasteiger partial charge is 0.166 e. The molecule has 0 bridgehead atoms.